The zero-order chi connectivity index (χ0) is 70.4. The number of benzene rings is 6. The molecule has 0 aliphatic carbocycles. The minimum Gasteiger partial charge on any atom is -0.508 e. The van der Waals surface area contributed by atoms with Crippen LogP contribution in [0.25, 0.3) is 11.1 Å². The third-order valence-electron chi connectivity index (χ3n) is 15.5. The molecule has 6 aromatic carbocycles. The summed E-state index contributed by atoms with van der Waals surface area (Å²) in [7, 11) is 0.975. The molecule has 5 aliphatic rings. The van der Waals surface area contributed by atoms with E-state index >= 15 is 19.2 Å². The molecule has 27 nitrogen and oxygen atoms in total. The van der Waals surface area contributed by atoms with Crippen molar-refractivity contribution in [2.45, 2.75) is 133 Å². The number of phenols is 4. The van der Waals surface area contributed by atoms with E-state index in [-0.39, 0.29) is 87.2 Å². The molecule has 5 aliphatic heterocycles. The van der Waals surface area contributed by atoms with Crippen molar-refractivity contribution in [1.29, 1.82) is 0 Å². The molecule has 5 heterocycles. The summed E-state index contributed by atoms with van der Waals surface area (Å²) >= 11 is 13.9. The van der Waals surface area contributed by atoms with Gasteiger partial charge in [-0.25, -0.2) is 14.4 Å². The van der Waals surface area contributed by atoms with Crippen LogP contribution in [0.4, 0.5) is 9.59 Å². The molecular weight excluding hydrogens is 1300 g/mol. The van der Waals surface area contributed by atoms with E-state index in [1.807, 2.05) is 0 Å². The van der Waals surface area contributed by atoms with Gasteiger partial charge in [-0.3, -0.25) is 28.8 Å². The van der Waals surface area contributed by atoms with Crippen molar-refractivity contribution in [3.63, 3.8) is 0 Å². The molecule has 6 aromatic rings. The Morgan fingerprint density at radius 2 is 1.25 bits per heavy atom. The number of ether oxygens (including phenoxy) is 5. The predicted molar refractivity (Wildman–Crippen MR) is 349 cm³/mol. The highest BCUT2D eigenvalue weighted by Crippen LogP contribution is 2.48. The molecule has 97 heavy (non-hydrogen) atoms. The summed E-state index contributed by atoms with van der Waals surface area (Å²) in [5.41, 5.74) is -2.65. The Hall–Kier alpha value is -10.5. The summed E-state index contributed by atoms with van der Waals surface area (Å²) in [6, 6.07) is 11.0. The number of aliphatic hydroxyl groups excluding tert-OH is 1. The molecule has 0 fully saturated rings. The van der Waals surface area contributed by atoms with Gasteiger partial charge in [0, 0.05) is 42.1 Å². The Kier molecular flexibility index (Phi) is 21.6. The maximum Gasteiger partial charge on any atom is 0.408 e. The molecule has 11 rings (SSSR count). The van der Waals surface area contributed by atoms with Gasteiger partial charge in [-0.2, -0.15) is 0 Å². The van der Waals surface area contributed by atoms with Crippen LogP contribution in [-0.4, -0.2) is 128 Å². The second kappa shape index (κ2) is 29.6. The van der Waals surface area contributed by atoms with E-state index in [1.54, 1.807) is 71.9 Å². The van der Waals surface area contributed by atoms with Crippen molar-refractivity contribution in [3.05, 3.63) is 153 Å². The van der Waals surface area contributed by atoms with E-state index in [0.29, 0.717) is 17.5 Å². The van der Waals surface area contributed by atoms with E-state index in [0.717, 1.165) is 49.6 Å². The molecular formula is C68H72Cl2N8O19. The van der Waals surface area contributed by atoms with Gasteiger partial charge in [0.05, 0.1) is 17.2 Å². The molecule has 8 amide bonds. The highest BCUT2D eigenvalue weighted by atomic mass is 35.5. The van der Waals surface area contributed by atoms with E-state index < -0.39 is 148 Å². The Bertz CT molecular complexity index is 4070. The lowest BCUT2D eigenvalue weighted by molar-refractivity contribution is -0.146. The molecule has 0 saturated carbocycles. The van der Waals surface area contributed by atoms with E-state index in [9.17, 15) is 49.5 Å². The van der Waals surface area contributed by atoms with Crippen LogP contribution in [0, 0.1) is 0 Å². The first-order valence-corrected chi connectivity index (χ1v) is 31.4. The zero-order valence-electron chi connectivity index (χ0n) is 53.5. The molecule has 29 heteroatoms. The number of unbranched alkanes of at least 4 members (excludes halogenated alkanes) is 1. The number of esters is 1. The number of carbonyl (C=O) groups is 9. The van der Waals surface area contributed by atoms with Gasteiger partial charge in [-0.15, -0.1) is 0 Å². The van der Waals surface area contributed by atoms with Gasteiger partial charge in [-0.1, -0.05) is 71.7 Å². The summed E-state index contributed by atoms with van der Waals surface area (Å²) in [6.45, 7) is 10.1. The fraction of sp³-hybridized carbons (Fsp3) is 0.338. The van der Waals surface area contributed by atoms with Gasteiger partial charge < -0.3 is 91.8 Å². The first kappa shape index (κ1) is 70.8. The average molecular weight is 1380 g/mol. The maximum absolute atomic E-state index is 15.8. The summed E-state index contributed by atoms with van der Waals surface area (Å²) in [6.07, 6.45) is -3.82. The number of methoxy groups -OCH3 is 1. The van der Waals surface area contributed by atoms with Crippen LogP contribution < -0.4 is 52.0 Å². The largest absolute Gasteiger partial charge is 0.508 e. The number of hydrogen-bond donors (Lipinski definition) is 13. The number of aliphatic hydroxyl groups is 1. The highest BCUT2D eigenvalue weighted by molar-refractivity contribution is 6.32. The second-order valence-electron chi connectivity index (χ2n) is 25.1. The van der Waals surface area contributed by atoms with Crippen molar-refractivity contribution in [3.8, 4) is 57.1 Å². The number of nitrogens with one attached hydrogen (secondary N) is 8. The minimum absolute atomic E-state index is 0.0382. The predicted octanol–water partition coefficient (Wildman–Crippen LogP) is 7.31. The van der Waals surface area contributed by atoms with Crippen molar-refractivity contribution in [2.24, 2.45) is 0 Å². The molecule has 512 valence electrons. The monoisotopic (exact) mass is 1370 g/mol. The lowest BCUT2D eigenvalue weighted by Crippen LogP contribution is -2.58. The van der Waals surface area contributed by atoms with Crippen LogP contribution in [0.5, 0.6) is 46.0 Å². The SMILES string of the molecule is COC(=O)[C@@H]1NC(=O)[C@H]2NC(=O)[C@H](NC(=O)[C@@H]3NC(=O)[C@H](Cc4ccccc4)NC(=O)[C@H](NC(=O)[C@@H](CCCCNC(=O)OC(C)(C)C)NC(=O)OC(C)(C)C)Cc4ccc(c(Cl)c4)Oc4cc3cc(c4O)Oc3ccc(cc3Cl)[C@H]2O)c2ccc(O)c(c2)-c2c(O)cc(O)cc21. The van der Waals surface area contributed by atoms with Crippen molar-refractivity contribution in [1.82, 2.24) is 42.5 Å². The first-order valence-electron chi connectivity index (χ1n) is 30.6. The number of aromatic hydroxyl groups is 4. The fourth-order valence-corrected chi connectivity index (χ4v) is 11.4. The van der Waals surface area contributed by atoms with Crippen LogP contribution in [0.1, 0.15) is 118 Å². The van der Waals surface area contributed by atoms with Gasteiger partial charge in [0.25, 0.3) is 0 Å². The van der Waals surface area contributed by atoms with E-state index in [2.05, 4.69) is 42.5 Å². The number of hydrogen-bond acceptors (Lipinski definition) is 19. The van der Waals surface area contributed by atoms with Crippen molar-refractivity contribution >= 4 is 76.8 Å². The molecule has 0 spiro atoms. The van der Waals surface area contributed by atoms with Crippen LogP contribution >= 0.6 is 23.2 Å². The third kappa shape index (κ3) is 17.5. The number of halogens is 2. The molecule has 0 aromatic heterocycles. The van der Waals surface area contributed by atoms with Crippen LogP contribution in [-0.2, 0) is 60.6 Å². The Morgan fingerprint density at radius 3 is 1.90 bits per heavy atom. The third-order valence-corrected chi connectivity index (χ3v) is 16.1. The summed E-state index contributed by atoms with van der Waals surface area (Å²) in [4.78, 5) is 131. The number of carbonyl (C=O) groups excluding carboxylic acids is 9. The normalized spacial score (nSPS) is 19.9. The van der Waals surface area contributed by atoms with Gasteiger partial charge in [0.15, 0.2) is 17.5 Å². The number of rotatable bonds is 11. The Balaban J connectivity index is 1.18. The molecule has 13 N–H and O–H groups in total. The molecule has 0 radical (unpaired) electrons. The zero-order valence-corrected chi connectivity index (χ0v) is 55.0. The topological polar surface area (TPSA) is 397 Å². The number of phenolic OH excluding ortho intramolecular Hbond substituents is 4. The second-order valence-corrected chi connectivity index (χ2v) is 26.0. The lowest BCUT2D eigenvalue weighted by Gasteiger charge is -2.31. The number of amides is 8. The van der Waals surface area contributed by atoms with E-state index in [1.165, 1.54) is 36.4 Å². The molecule has 11 bridgehead atoms. The summed E-state index contributed by atoms with van der Waals surface area (Å²) in [5.74, 6) is -11.9. The van der Waals surface area contributed by atoms with Gasteiger partial charge in [-0.05, 0) is 143 Å². The van der Waals surface area contributed by atoms with E-state index in [4.69, 9.17) is 46.9 Å². The number of fused-ring (bicyclic) bond motifs is 15. The maximum atomic E-state index is 15.8. The quantitative estimate of drug-likeness (QED) is 0.0343. The summed E-state index contributed by atoms with van der Waals surface area (Å²) in [5, 5.41) is 78.9. The smallest absolute Gasteiger partial charge is 0.408 e. The van der Waals surface area contributed by atoms with Gasteiger partial charge >= 0.3 is 18.2 Å². The van der Waals surface area contributed by atoms with Crippen molar-refractivity contribution < 1.29 is 92.4 Å². The van der Waals surface area contributed by atoms with Crippen molar-refractivity contribution in [2.75, 3.05) is 13.7 Å². The standard InChI is InChI=1S/C68H72Cl2N8O19/c1-67(2,3)96-65(91)71-22-12-11-15-42(74-66(92)97-68(4,5)6)58(84)72-44-25-33-16-20-47(40(69)23-33)94-49-28-36-29-50(57(49)83)95-48-21-18-35(27-41(48)70)56(82)55-63(89)77-54(64(90)93-7)39-30-37(79)31-46(81)51(39)38-26-34(17-19-45(38)80)52(61(87)78-55)76-62(88)53(36)75-60(86)43(73-59(44)85)24-32-13-9-8-10-14-32/h8-10,13-14,16-21,23,26-31,42-44,52-56,79-83H,11-12,15,22,24-25H2,1-7H3,(H,71,91)(H,72,84)(H,73,85)(H,74,92)(H,75,86)(H,76,88)(H,77,89)(H,78,87)/t42-,43+,44-,52-,53-,54-,55+,56-/m1/s1. The fourth-order valence-electron chi connectivity index (χ4n) is 10.9. The highest BCUT2D eigenvalue weighted by Gasteiger charge is 2.41. The van der Waals surface area contributed by atoms with Crippen LogP contribution in [0.15, 0.2) is 109 Å². The van der Waals surface area contributed by atoms with Crippen LogP contribution in [0.3, 0.4) is 0 Å². The summed E-state index contributed by atoms with van der Waals surface area (Å²) < 4.78 is 28.5. The number of alkyl carbamates (subject to hydrolysis) is 2. The Morgan fingerprint density at radius 1 is 0.629 bits per heavy atom. The molecule has 0 unspecified atom stereocenters. The molecule has 8 atom stereocenters. The van der Waals surface area contributed by atoms with Crippen LogP contribution in [0.2, 0.25) is 10.0 Å². The molecule has 0 saturated heterocycles. The lowest BCUT2D eigenvalue weighted by atomic mass is 9.89. The minimum atomic E-state index is -2.12. The average Bonchev–Trinajstić information content (AvgIpc) is 0.769. The Labute approximate surface area is 565 Å². The van der Waals surface area contributed by atoms with Gasteiger partial charge in [0.1, 0.15) is 82.3 Å². The van der Waals surface area contributed by atoms with Gasteiger partial charge in [0.2, 0.25) is 41.2 Å². The first-order chi connectivity index (χ1) is 45.8.